The van der Waals surface area contributed by atoms with E-state index in [1.807, 2.05) is 0 Å². The quantitative estimate of drug-likeness (QED) is 0.895. The van der Waals surface area contributed by atoms with Gasteiger partial charge in [-0.05, 0) is 54.8 Å². The first kappa shape index (κ1) is 15.1. The molecule has 1 aromatic rings. The molecular weight excluding hydrogens is 256 g/mol. The van der Waals surface area contributed by atoms with E-state index in [1.54, 1.807) is 5.56 Å². The van der Waals surface area contributed by atoms with Crippen molar-refractivity contribution in [2.24, 2.45) is 11.3 Å². The Hall–Kier alpha value is -0.860. The summed E-state index contributed by atoms with van der Waals surface area (Å²) in [6, 6.07) is 9.52. The van der Waals surface area contributed by atoms with Gasteiger partial charge in [-0.25, -0.2) is 0 Å². The first-order chi connectivity index (χ1) is 10.0. The van der Waals surface area contributed by atoms with Gasteiger partial charge in [0.25, 0.3) is 0 Å². The normalized spacial score (nSPS) is 24.8. The average Bonchev–Trinajstić information content (AvgIpc) is 2.47. The van der Waals surface area contributed by atoms with E-state index < -0.39 is 0 Å². The third-order valence-electron chi connectivity index (χ3n) is 5.46. The lowest BCUT2D eigenvalue weighted by Gasteiger charge is -2.40. The second-order valence-electron chi connectivity index (χ2n) is 7.99. The molecule has 21 heavy (non-hydrogen) atoms. The number of nitrogens with zero attached hydrogens (tertiary/aromatic N) is 1. The summed E-state index contributed by atoms with van der Waals surface area (Å²) in [7, 11) is 0. The highest BCUT2D eigenvalue weighted by Gasteiger charge is 2.29. The van der Waals surface area contributed by atoms with Gasteiger partial charge < -0.3 is 10.2 Å². The van der Waals surface area contributed by atoms with Gasteiger partial charge in [-0.15, -0.1) is 0 Å². The van der Waals surface area contributed by atoms with Crippen LogP contribution in [0, 0.1) is 11.3 Å². The molecule has 1 saturated heterocycles. The molecular formula is C19H30N2. The number of likely N-dealkylation sites (tertiary alicyclic amines) is 1. The highest BCUT2D eigenvalue weighted by Crippen LogP contribution is 2.34. The Morgan fingerprint density at radius 3 is 2.43 bits per heavy atom. The van der Waals surface area contributed by atoms with Crippen molar-refractivity contribution in [3.8, 4) is 0 Å². The van der Waals surface area contributed by atoms with Gasteiger partial charge in [0.2, 0.25) is 0 Å². The monoisotopic (exact) mass is 286 g/mol. The lowest BCUT2D eigenvalue weighted by Crippen LogP contribution is -2.47. The molecule has 2 heterocycles. The van der Waals surface area contributed by atoms with E-state index >= 15 is 0 Å². The van der Waals surface area contributed by atoms with Crippen molar-refractivity contribution in [1.29, 1.82) is 0 Å². The molecule has 0 bridgehead atoms. The van der Waals surface area contributed by atoms with Gasteiger partial charge in [0.15, 0.2) is 0 Å². The van der Waals surface area contributed by atoms with Crippen LogP contribution in [0.3, 0.4) is 0 Å². The SMILES string of the molecule is CC(C)(C)C1CCN(CC2Cc3ccccc3CN2)CC1. The highest BCUT2D eigenvalue weighted by molar-refractivity contribution is 5.29. The minimum absolute atomic E-state index is 0.480. The lowest BCUT2D eigenvalue weighted by molar-refractivity contribution is 0.104. The molecule has 1 atom stereocenters. The van der Waals surface area contributed by atoms with Gasteiger partial charge >= 0.3 is 0 Å². The van der Waals surface area contributed by atoms with Crippen LogP contribution in [0.4, 0.5) is 0 Å². The van der Waals surface area contributed by atoms with Crippen molar-refractivity contribution in [2.45, 2.75) is 52.6 Å². The Morgan fingerprint density at radius 1 is 1.10 bits per heavy atom. The zero-order valence-electron chi connectivity index (χ0n) is 13.9. The van der Waals surface area contributed by atoms with Crippen molar-refractivity contribution in [3.63, 3.8) is 0 Å². The Labute approximate surface area is 129 Å². The van der Waals surface area contributed by atoms with Gasteiger partial charge in [-0.1, -0.05) is 45.0 Å². The molecule has 116 valence electrons. The van der Waals surface area contributed by atoms with Gasteiger partial charge in [0, 0.05) is 19.1 Å². The highest BCUT2D eigenvalue weighted by atomic mass is 15.2. The standard InChI is InChI=1S/C19H30N2/c1-19(2,3)17-8-10-21(11-9-17)14-18-12-15-6-4-5-7-16(15)13-20-18/h4-7,17-18,20H,8-14H2,1-3H3. The molecule has 0 radical (unpaired) electrons. The predicted octanol–water partition coefficient (Wildman–Crippen LogP) is 3.46. The third kappa shape index (κ3) is 3.67. The molecule has 1 fully saturated rings. The van der Waals surface area contributed by atoms with E-state index in [9.17, 15) is 0 Å². The van der Waals surface area contributed by atoms with Crippen LogP contribution in [-0.2, 0) is 13.0 Å². The number of piperidine rings is 1. The molecule has 2 heteroatoms. The topological polar surface area (TPSA) is 15.3 Å². The van der Waals surface area contributed by atoms with Crippen LogP contribution in [0.1, 0.15) is 44.7 Å². The average molecular weight is 286 g/mol. The van der Waals surface area contributed by atoms with Crippen LogP contribution in [0.5, 0.6) is 0 Å². The minimum Gasteiger partial charge on any atom is -0.308 e. The lowest BCUT2D eigenvalue weighted by atomic mass is 9.75. The Morgan fingerprint density at radius 2 is 1.76 bits per heavy atom. The largest absolute Gasteiger partial charge is 0.308 e. The van der Waals surface area contributed by atoms with Crippen molar-refractivity contribution < 1.29 is 0 Å². The molecule has 0 aromatic heterocycles. The molecule has 0 saturated carbocycles. The molecule has 2 nitrogen and oxygen atoms in total. The second-order valence-corrected chi connectivity index (χ2v) is 7.99. The van der Waals surface area contributed by atoms with Gasteiger partial charge in [0.1, 0.15) is 0 Å². The summed E-state index contributed by atoms with van der Waals surface area (Å²) >= 11 is 0. The van der Waals surface area contributed by atoms with E-state index in [0.29, 0.717) is 11.5 Å². The van der Waals surface area contributed by atoms with Gasteiger partial charge in [-0.3, -0.25) is 0 Å². The summed E-state index contributed by atoms with van der Waals surface area (Å²) in [4.78, 5) is 2.67. The number of benzene rings is 1. The third-order valence-corrected chi connectivity index (χ3v) is 5.46. The van der Waals surface area contributed by atoms with E-state index in [1.165, 1.54) is 44.5 Å². The van der Waals surface area contributed by atoms with Crippen LogP contribution >= 0.6 is 0 Å². The van der Waals surface area contributed by atoms with Crippen LogP contribution in [0.15, 0.2) is 24.3 Å². The molecule has 3 rings (SSSR count). The van der Waals surface area contributed by atoms with E-state index in [0.717, 1.165) is 12.5 Å². The summed E-state index contributed by atoms with van der Waals surface area (Å²) < 4.78 is 0. The maximum atomic E-state index is 3.72. The molecule has 0 aliphatic carbocycles. The Balaban J connectivity index is 1.51. The van der Waals surface area contributed by atoms with Gasteiger partial charge in [0.05, 0.1) is 0 Å². The number of fused-ring (bicyclic) bond motifs is 1. The van der Waals surface area contributed by atoms with Crippen molar-refractivity contribution in [1.82, 2.24) is 10.2 Å². The summed E-state index contributed by atoms with van der Waals surface area (Å²) in [6.07, 6.45) is 3.93. The molecule has 2 aliphatic heterocycles. The summed E-state index contributed by atoms with van der Waals surface area (Å²) in [5.74, 6) is 0.897. The summed E-state index contributed by atoms with van der Waals surface area (Å²) in [6.45, 7) is 12.0. The number of hydrogen-bond donors (Lipinski definition) is 1. The molecule has 0 spiro atoms. The maximum absolute atomic E-state index is 3.72. The van der Waals surface area contributed by atoms with Crippen molar-refractivity contribution in [2.75, 3.05) is 19.6 Å². The first-order valence-electron chi connectivity index (χ1n) is 8.55. The number of hydrogen-bond acceptors (Lipinski definition) is 2. The van der Waals surface area contributed by atoms with Crippen LogP contribution in [0.2, 0.25) is 0 Å². The maximum Gasteiger partial charge on any atom is 0.0238 e. The zero-order valence-corrected chi connectivity index (χ0v) is 13.9. The van der Waals surface area contributed by atoms with E-state index in [2.05, 4.69) is 55.3 Å². The Bertz CT molecular complexity index is 467. The number of nitrogens with one attached hydrogen (secondary N) is 1. The minimum atomic E-state index is 0.480. The predicted molar refractivity (Wildman–Crippen MR) is 89.4 cm³/mol. The summed E-state index contributed by atoms with van der Waals surface area (Å²) in [5.41, 5.74) is 3.51. The molecule has 1 aromatic carbocycles. The molecule has 0 amide bonds. The fraction of sp³-hybridized carbons (Fsp3) is 0.684. The Kier molecular flexibility index (Phi) is 4.37. The smallest absolute Gasteiger partial charge is 0.0238 e. The molecule has 1 unspecified atom stereocenters. The van der Waals surface area contributed by atoms with Gasteiger partial charge in [-0.2, -0.15) is 0 Å². The van der Waals surface area contributed by atoms with Crippen LogP contribution in [-0.4, -0.2) is 30.6 Å². The van der Waals surface area contributed by atoms with E-state index in [4.69, 9.17) is 0 Å². The fourth-order valence-electron chi connectivity index (χ4n) is 3.94. The molecule has 2 aliphatic rings. The van der Waals surface area contributed by atoms with Crippen LogP contribution in [0.25, 0.3) is 0 Å². The number of rotatable bonds is 2. The van der Waals surface area contributed by atoms with Crippen LogP contribution < -0.4 is 5.32 Å². The van der Waals surface area contributed by atoms with Crippen molar-refractivity contribution >= 4 is 0 Å². The first-order valence-corrected chi connectivity index (χ1v) is 8.55. The fourth-order valence-corrected chi connectivity index (χ4v) is 3.94. The van der Waals surface area contributed by atoms with E-state index in [-0.39, 0.29) is 0 Å². The second kappa shape index (κ2) is 6.10. The molecule has 1 N–H and O–H groups in total. The summed E-state index contributed by atoms with van der Waals surface area (Å²) in [5, 5.41) is 3.72. The zero-order chi connectivity index (χ0) is 14.9. The van der Waals surface area contributed by atoms with Crippen molar-refractivity contribution in [3.05, 3.63) is 35.4 Å².